The molecule has 3 nitrogen and oxygen atoms in total. The van der Waals surface area contributed by atoms with Crippen molar-refractivity contribution in [2.24, 2.45) is 0 Å². The molecular weight excluding hydrogens is 254 g/mol. The maximum Gasteiger partial charge on any atom is 0.124 e. The lowest BCUT2D eigenvalue weighted by Crippen LogP contribution is -2.25. The first-order valence-corrected chi connectivity index (χ1v) is 7.83. The number of aromatic nitrogens is 2. The zero-order valence-electron chi connectivity index (χ0n) is 11.2. The number of fused-ring (bicyclic) bond motifs is 1. The Morgan fingerprint density at radius 2 is 2.21 bits per heavy atom. The molecule has 0 fully saturated rings. The lowest BCUT2D eigenvalue weighted by atomic mass is 9.97. The second-order valence-corrected chi connectivity index (χ2v) is 6.05. The first-order valence-electron chi connectivity index (χ1n) is 7.02. The van der Waals surface area contributed by atoms with Crippen molar-refractivity contribution in [3.8, 4) is 10.6 Å². The van der Waals surface area contributed by atoms with Crippen LogP contribution >= 0.6 is 11.3 Å². The van der Waals surface area contributed by atoms with Crippen molar-refractivity contribution in [1.82, 2.24) is 15.3 Å². The van der Waals surface area contributed by atoms with E-state index in [0.717, 1.165) is 11.6 Å². The number of rotatable bonds is 4. The molecule has 1 unspecified atom stereocenters. The molecule has 0 spiro atoms. The SMILES string of the molecule is CCCNC1CCCc2sc(-c3ccncc3)nc21. The summed E-state index contributed by atoms with van der Waals surface area (Å²) in [7, 11) is 0. The summed E-state index contributed by atoms with van der Waals surface area (Å²) in [6.07, 6.45) is 8.51. The first kappa shape index (κ1) is 12.8. The van der Waals surface area contributed by atoms with Gasteiger partial charge < -0.3 is 5.32 Å². The lowest BCUT2D eigenvalue weighted by molar-refractivity contribution is 0.454. The first-order chi connectivity index (χ1) is 9.38. The highest BCUT2D eigenvalue weighted by atomic mass is 32.1. The fourth-order valence-electron chi connectivity index (χ4n) is 2.55. The van der Waals surface area contributed by atoms with Crippen LogP contribution in [0.25, 0.3) is 10.6 Å². The molecule has 2 aromatic heterocycles. The van der Waals surface area contributed by atoms with Gasteiger partial charge in [-0.25, -0.2) is 4.98 Å². The number of pyridine rings is 1. The van der Waals surface area contributed by atoms with Crippen LogP contribution in [0.2, 0.25) is 0 Å². The van der Waals surface area contributed by atoms with Crippen molar-refractivity contribution in [3.05, 3.63) is 35.1 Å². The maximum absolute atomic E-state index is 4.88. The van der Waals surface area contributed by atoms with Crippen molar-refractivity contribution >= 4 is 11.3 Å². The predicted octanol–water partition coefficient (Wildman–Crippen LogP) is 3.58. The van der Waals surface area contributed by atoms with Crippen molar-refractivity contribution in [2.75, 3.05) is 6.54 Å². The van der Waals surface area contributed by atoms with Crippen LogP contribution in [0, 0.1) is 0 Å². The van der Waals surface area contributed by atoms with Gasteiger partial charge in [0.05, 0.1) is 11.7 Å². The molecule has 0 saturated heterocycles. The van der Waals surface area contributed by atoms with E-state index >= 15 is 0 Å². The summed E-state index contributed by atoms with van der Waals surface area (Å²) >= 11 is 1.85. The van der Waals surface area contributed by atoms with Gasteiger partial charge in [0.2, 0.25) is 0 Å². The highest BCUT2D eigenvalue weighted by Crippen LogP contribution is 2.36. The third-order valence-corrected chi connectivity index (χ3v) is 4.70. The van der Waals surface area contributed by atoms with Crippen molar-refractivity contribution < 1.29 is 0 Å². The van der Waals surface area contributed by atoms with Gasteiger partial charge >= 0.3 is 0 Å². The van der Waals surface area contributed by atoms with Gasteiger partial charge in [0.25, 0.3) is 0 Å². The second-order valence-electron chi connectivity index (χ2n) is 4.96. The van der Waals surface area contributed by atoms with Gasteiger partial charge in [-0.05, 0) is 44.4 Å². The normalized spacial score (nSPS) is 18.3. The van der Waals surface area contributed by atoms with Gasteiger partial charge in [-0.2, -0.15) is 0 Å². The van der Waals surface area contributed by atoms with E-state index in [9.17, 15) is 0 Å². The second kappa shape index (κ2) is 5.80. The van der Waals surface area contributed by atoms with Crippen LogP contribution in [0.4, 0.5) is 0 Å². The number of nitrogens with zero attached hydrogens (tertiary/aromatic N) is 2. The summed E-state index contributed by atoms with van der Waals surface area (Å²) in [5, 5.41) is 4.76. The summed E-state index contributed by atoms with van der Waals surface area (Å²) < 4.78 is 0. The van der Waals surface area contributed by atoms with E-state index in [2.05, 4.69) is 17.2 Å². The Balaban J connectivity index is 1.89. The van der Waals surface area contributed by atoms with E-state index in [4.69, 9.17) is 4.98 Å². The molecule has 0 saturated carbocycles. The number of thiazole rings is 1. The fraction of sp³-hybridized carbons (Fsp3) is 0.467. The van der Waals surface area contributed by atoms with Crippen molar-refractivity contribution in [2.45, 2.75) is 38.6 Å². The van der Waals surface area contributed by atoms with Crippen LogP contribution in [-0.4, -0.2) is 16.5 Å². The molecule has 2 heterocycles. The van der Waals surface area contributed by atoms with Crippen molar-refractivity contribution in [3.63, 3.8) is 0 Å². The molecule has 1 N–H and O–H groups in total. The molecule has 3 rings (SSSR count). The highest BCUT2D eigenvalue weighted by molar-refractivity contribution is 7.15. The minimum absolute atomic E-state index is 0.454. The quantitative estimate of drug-likeness (QED) is 0.925. The average Bonchev–Trinajstić information content (AvgIpc) is 2.90. The van der Waals surface area contributed by atoms with Gasteiger partial charge in [0, 0.05) is 22.8 Å². The maximum atomic E-state index is 4.88. The summed E-state index contributed by atoms with van der Waals surface area (Å²) in [5.74, 6) is 0. The minimum atomic E-state index is 0.454. The highest BCUT2D eigenvalue weighted by Gasteiger charge is 2.24. The molecule has 1 aliphatic carbocycles. The molecule has 0 amide bonds. The molecule has 0 radical (unpaired) electrons. The van der Waals surface area contributed by atoms with Crippen LogP contribution in [0.5, 0.6) is 0 Å². The average molecular weight is 273 g/mol. The van der Waals surface area contributed by atoms with Gasteiger partial charge in [-0.1, -0.05) is 6.92 Å². The number of nitrogens with one attached hydrogen (secondary N) is 1. The Labute approximate surface area is 118 Å². The molecule has 2 aromatic rings. The van der Waals surface area contributed by atoms with Crippen LogP contribution in [-0.2, 0) is 6.42 Å². The zero-order chi connectivity index (χ0) is 13.1. The molecule has 0 bridgehead atoms. The smallest absolute Gasteiger partial charge is 0.124 e. The third-order valence-electron chi connectivity index (χ3n) is 3.52. The van der Waals surface area contributed by atoms with Crippen LogP contribution in [0.15, 0.2) is 24.5 Å². The van der Waals surface area contributed by atoms with Gasteiger partial charge in [-0.15, -0.1) is 11.3 Å². The largest absolute Gasteiger partial charge is 0.309 e. The van der Waals surface area contributed by atoms with E-state index in [1.165, 1.54) is 41.8 Å². The van der Waals surface area contributed by atoms with Gasteiger partial charge in [0.15, 0.2) is 0 Å². The molecule has 0 aliphatic heterocycles. The van der Waals surface area contributed by atoms with Gasteiger partial charge in [0.1, 0.15) is 5.01 Å². The Bertz CT molecular complexity index is 536. The van der Waals surface area contributed by atoms with Crippen LogP contribution in [0.3, 0.4) is 0 Å². The number of hydrogen-bond donors (Lipinski definition) is 1. The summed E-state index contributed by atoms with van der Waals surface area (Å²) in [5.41, 5.74) is 2.47. The fourth-order valence-corrected chi connectivity index (χ4v) is 3.72. The number of hydrogen-bond acceptors (Lipinski definition) is 4. The Morgan fingerprint density at radius 3 is 3.00 bits per heavy atom. The molecular formula is C15H19N3S. The topological polar surface area (TPSA) is 37.8 Å². The van der Waals surface area contributed by atoms with E-state index in [1.807, 2.05) is 35.9 Å². The Kier molecular flexibility index (Phi) is 3.89. The van der Waals surface area contributed by atoms with Crippen LogP contribution in [0.1, 0.15) is 42.8 Å². The van der Waals surface area contributed by atoms with E-state index in [0.29, 0.717) is 6.04 Å². The monoisotopic (exact) mass is 273 g/mol. The molecule has 4 heteroatoms. The third kappa shape index (κ3) is 2.69. The molecule has 19 heavy (non-hydrogen) atoms. The molecule has 1 aliphatic rings. The summed E-state index contributed by atoms with van der Waals surface area (Å²) in [6, 6.07) is 4.54. The van der Waals surface area contributed by atoms with E-state index < -0.39 is 0 Å². The molecule has 1 atom stereocenters. The zero-order valence-corrected chi connectivity index (χ0v) is 12.0. The lowest BCUT2D eigenvalue weighted by Gasteiger charge is -2.22. The minimum Gasteiger partial charge on any atom is -0.309 e. The Hall–Kier alpha value is -1.26. The van der Waals surface area contributed by atoms with Gasteiger partial charge in [-0.3, -0.25) is 4.98 Å². The van der Waals surface area contributed by atoms with E-state index in [1.54, 1.807) is 0 Å². The standard InChI is InChI=1S/C15H19N3S/c1-2-8-17-12-4-3-5-13-14(12)18-15(19-13)11-6-9-16-10-7-11/h6-7,9-10,12,17H,2-5,8H2,1H3. The Morgan fingerprint density at radius 1 is 1.37 bits per heavy atom. The number of aryl methyl sites for hydroxylation is 1. The van der Waals surface area contributed by atoms with Crippen molar-refractivity contribution in [1.29, 1.82) is 0 Å². The van der Waals surface area contributed by atoms with Crippen LogP contribution < -0.4 is 5.32 Å². The predicted molar refractivity (Wildman–Crippen MR) is 79.3 cm³/mol. The summed E-state index contributed by atoms with van der Waals surface area (Å²) in [6.45, 7) is 3.28. The molecule has 100 valence electrons. The van der Waals surface area contributed by atoms with E-state index in [-0.39, 0.29) is 0 Å². The summed E-state index contributed by atoms with van der Waals surface area (Å²) in [4.78, 5) is 10.4. The molecule has 0 aromatic carbocycles.